The summed E-state index contributed by atoms with van der Waals surface area (Å²) in [5.74, 6) is 0. The van der Waals surface area contributed by atoms with Crippen molar-refractivity contribution < 1.29 is 4.74 Å². The monoisotopic (exact) mass is 406 g/mol. The van der Waals surface area contributed by atoms with Crippen molar-refractivity contribution >= 4 is 0 Å². The minimum Gasteiger partial charge on any atom is -0.377 e. The molecule has 0 aromatic rings. The Morgan fingerprint density at radius 3 is 1.87 bits per heavy atom. The Morgan fingerprint density at radius 2 is 1.13 bits per heavy atom. The second-order valence-electron chi connectivity index (χ2n) is 8.99. The molecule has 0 amide bonds. The van der Waals surface area contributed by atoms with Gasteiger partial charge in [0.1, 0.15) is 0 Å². The summed E-state index contributed by atoms with van der Waals surface area (Å²) >= 11 is 0. The highest BCUT2D eigenvalue weighted by molar-refractivity contribution is 5.34. The van der Waals surface area contributed by atoms with Crippen LogP contribution in [0.3, 0.4) is 0 Å². The molecular weight excluding hydrogens is 364 g/mol. The zero-order valence-corrected chi connectivity index (χ0v) is 19.0. The molecule has 0 atom stereocenters. The van der Waals surface area contributed by atoms with Crippen LogP contribution in [0.2, 0.25) is 0 Å². The standard InChI is InChI=1S/C29H42O/c1-2-6-11-18-27-23-16-24-30-25-29-22-13-8-4-3-7-12-20-28(29)21-15-9-14-19-26(27)17-10-5-1/h5-6,10-13,20,22H,1-4,7-9,14-19,21,23-25H2/b10-5-,11-6-,20-12-,22-13-,27-26-,29-28-. The summed E-state index contributed by atoms with van der Waals surface area (Å²) in [5.41, 5.74) is 6.31. The highest BCUT2D eigenvalue weighted by Gasteiger charge is 2.09. The van der Waals surface area contributed by atoms with Gasteiger partial charge < -0.3 is 4.74 Å². The van der Waals surface area contributed by atoms with Crippen molar-refractivity contribution in [1.29, 1.82) is 0 Å². The van der Waals surface area contributed by atoms with Crippen LogP contribution in [0.15, 0.2) is 70.9 Å². The molecule has 0 aromatic carbocycles. The van der Waals surface area contributed by atoms with Gasteiger partial charge in [-0.15, -0.1) is 0 Å². The van der Waals surface area contributed by atoms with Crippen molar-refractivity contribution in [2.45, 2.75) is 96.3 Å². The first-order valence-corrected chi connectivity index (χ1v) is 12.6. The quantitative estimate of drug-likeness (QED) is 0.365. The molecule has 164 valence electrons. The molecule has 0 aromatic heterocycles. The highest BCUT2D eigenvalue weighted by Crippen LogP contribution is 2.27. The summed E-state index contributed by atoms with van der Waals surface area (Å²) in [6.45, 7) is 1.63. The van der Waals surface area contributed by atoms with E-state index in [2.05, 4.69) is 48.6 Å². The molecule has 0 N–H and O–H groups in total. The van der Waals surface area contributed by atoms with Crippen molar-refractivity contribution in [1.82, 2.24) is 0 Å². The van der Waals surface area contributed by atoms with Crippen LogP contribution in [0.1, 0.15) is 96.3 Å². The predicted molar refractivity (Wildman–Crippen MR) is 131 cm³/mol. The van der Waals surface area contributed by atoms with Gasteiger partial charge in [0, 0.05) is 6.61 Å². The normalized spacial score (nSPS) is 32.5. The van der Waals surface area contributed by atoms with E-state index in [0.29, 0.717) is 0 Å². The van der Waals surface area contributed by atoms with Crippen LogP contribution in [-0.2, 0) is 4.74 Å². The Hall–Kier alpha value is -1.60. The Labute approximate surface area is 185 Å². The minimum atomic E-state index is 0.769. The molecular formula is C29H42O. The Kier molecular flexibility index (Phi) is 11.1. The number of hydrogen-bond donors (Lipinski definition) is 0. The van der Waals surface area contributed by atoms with E-state index in [1.807, 2.05) is 0 Å². The highest BCUT2D eigenvalue weighted by atomic mass is 16.5. The topological polar surface area (TPSA) is 9.23 Å². The van der Waals surface area contributed by atoms with Crippen LogP contribution in [0, 0.1) is 0 Å². The van der Waals surface area contributed by atoms with Gasteiger partial charge >= 0.3 is 0 Å². The smallest absolute Gasteiger partial charge is 0.0719 e. The lowest BCUT2D eigenvalue weighted by atomic mass is 9.91. The molecule has 1 nitrogen and oxygen atoms in total. The lowest BCUT2D eigenvalue weighted by Crippen LogP contribution is -2.04. The van der Waals surface area contributed by atoms with Gasteiger partial charge in [-0.1, -0.05) is 66.2 Å². The third-order valence-electron chi connectivity index (χ3n) is 6.55. The number of rotatable bonds is 0. The fourth-order valence-electron chi connectivity index (χ4n) is 4.70. The van der Waals surface area contributed by atoms with Crippen molar-refractivity contribution in [3.63, 3.8) is 0 Å². The Morgan fingerprint density at radius 1 is 0.500 bits per heavy atom. The molecule has 1 aliphatic heterocycles. The second-order valence-corrected chi connectivity index (χ2v) is 8.99. The van der Waals surface area contributed by atoms with Crippen LogP contribution in [0.5, 0.6) is 0 Å². The predicted octanol–water partition coefficient (Wildman–Crippen LogP) is 8.71. The van der Waals surface area contributed by atoms with Gasteiger partial charge in [-0.3, -0.25) is 0 Å². The van der Waals surface area contributed by atoms with Crippen LogP contribution in [0.4, 0.5) is 0 Å². The van der Waals surface area contributed by atoms with Gasteiger partial charge in [0.05, 0.1) is 6.61 Å². The maximum atomic E-state index is 6.20. The summed E-state index contributed by atoms with van der Waals surface area (Å²) in [6, 6.07) is 0. The number of ether oxygens (including phenoxy) is 1. The Bertz CT molecular complexity index is 625. The average Bonchev–Trinajstić information content (AvgIpc) is 2.77. The van der Waals surface area contributed by atoms with Crippen molar-refractivity contribution in [3.05, 3.63) is 70.9 Å². The van der Waals surface area contributed by atoms with E-state index in [9.17, 15) is 0 Å². The maximum absolute atomic E-state index is 6.20. The van der Waals surface area contributed by atoms with Crippen LogP contribution in [0.25, 0.3) is 0 Å². The van der Waals surface area contributed by atoms with E-state index < -0.39 is 0 Å². The third kappa shape index (κ3) is 8.64. The number of hydrogen-bond acceptors (Lipinski definition) is 1. The van der Waals surface area contributed by atoms with E-state index in [1.54, 1.807) is 11.1 Å². The van der Waals surface area contributed by atoms with Gasteiger partial charge in [-0.05, 0) is 101 Å². The lowest BCUT2D eigenvalue weighted by molar-refractivity contribution is 0.154. The molecule has 0 spiro atoms. The SMILES string of the molecule is C1=C\C/C2=C(\C/C=C\CC/1)CCCOCC1=C(/C=C\CCCC/C=C\1)CCCCC2. The fraction of sp³-hybridized carbons (Fsp3) is 0.586. The molecule has 3 rings (SSSR count). The molecule has 1 heteroatoms. The van der Waals surface area contributed by atoms with Gasteiger partial charge in [-0.25, -0.2) is 0 Å². The summed E-state index contributed by atoms with van der Waals surface area (Å²) in [4.78, 5) is 0. The van der Waals surface area contributed by atoms with E-state index in [4.69, 9.17) is 4.74 Å². The van der Waals surface area contributed by atoms with Crippen LogP contribution in [-0.4, -0.2) is 13.2 Å². The molecule has 1 heterocycles. The largest absolute Gasteiger partial charge is 0.377 e. The van der Waals surface area contributed by atoms with E-state index >= 15 is 0 Å². The molecule has 0 fully saturated rings. The maximum Gasteiger partial charge on any atom is 0.0719 e. The first-order chi connectivity index (χ1) is 14.9. The first-order valence-electron chi connectivity index (χ1n) is 12.6. The summed E-state index contributed by atoms with van der Waals surface area (Å²) in [7, 11) is 0. The van der Waals surface area contributed by atoms with E-state index in [0.717, 1.165) is 32.5 Å². The van der Waals surface area contributed by atoms with Gasteiger partial charge in [-0.2, -0.15) is 0 Å². The van der Waals surface area contributed by atoms with E-state index in [-0.39, 0.29) is 0 Å². The number of allylic oxidation sites excluding steroid dienone is 10. The zero-order chi connectivity index (χ0) is 20.7. The molecule has 3 aliphatic rings. The first kappa shape index (κ1) is 23.1. The third-order valence-corrected chi connectivity index (χ3v) is 6.55. The van der Waals surface area contributed by atoms with Crippen LogP contribution < -0.4 is 0 Å². The van der Waals surface area contributed by atoms with Gasteiger partial charge in [0.15, 0.2) is 0 Å². The summed E-state index contributed by atoms with van der Waals surface area (Å²) in [5, 5.41) is 0. The van der Waals surface area contributed by atoms with Crippen molar-refractivity contribution in [2.75, 3.05) is 13.2 Å². The van der Waals surface area contributed by atoms with Crippen molar-refractivity contribution in [2.24, 2.45) is 0 Å². The molecule has 0 unspecified atom stereocenters. The molecule has 2 aliphatic carbocycles. The molecule has 0 radical (unpaired) electrons. The molecule has 0 bridgehead atoms. The van der Waals surface area contributed by atoms with Crippen LogP contribution >= 0.6 is 0 Å². The average molecular weight is 407 g/mol. The summed E-state index contributed by atoms with van der Waals surface area (Å²) in [6.07, 6.45) is 37.5. The Balaban J connectivity index is 1.69. The molecule has 0 saturated carbocycles. The fourth-order valence-corrected chi connectivity index (χ4v) is 4.70. The van der Waals surface area contributed by atoms with Gasteiger partial charge in [0.25, 0.3) is 0 Å². The summed E-state index contributed by atoms with van der Waals surface area (Å²) < 4.78 is 6.20. The van der Waals surface area contributed by atoms with Gasteiger partial charge in [0.2, 0.25) is 0 Å². The zero-order valence-electron chi connectivity index (χ0n) is 19.0. The second kappa shape index (κ2) is 14.4. The van der Waals surface area contributed by atoms with E-state index in [1.165, 1.54) is 88.2 Å². The lowest BCUT2D eigenvalue weighted by Gasteiger charge is -2.17. The molecule has 30 heavy (non-hydrogen) atoms. The molecule has 0 saturated heterocycles. The minimum absolute atomic E-state index is 0.769. The van der Waals surface area contributed by atoms with Crippen molar-refractivity contribution in [3.8, 4) is 0 Å².